The van der Waals surface area contributed by atoms with Gasteiger partial charge in [0.2, 0.25) is 0 Å². The third-order valence-electron chi connectivity index (χ3n) is 5.94. The molecule has 2 aromatic carbocycles. The number of carbonyl (C=O) groups excluding carboxylic acids is 1. The Hall–Kier alpha value is -3.65. The summed E-state index contributed by atoms with van der Waals surface area (Å²) in [6, 6.07) is 13.8. The number of rotatable bonds is 4. The molecule has 0 aliphatic carbocycles. The molecule has 9 heteroatoms. The van der Waals surface area contributed by atoms with Crippen molar-refractivity contribution in [2.24, 2.45) is 0 Å². The lowest BCUT2D eigenvalue weighted by molar-refractivity contribution is 0.0288. The number of likely N-dealkylation sites (tertiary alicyclic amines) is 1. The van der Waals surface area contributed by atoms with Crippen LogP contribution >= 0.6 is 11.6 Å². The first kappa shape index (κ1) is 24.1. The van der Waals surface area contributed by atoms with Crippen molar-refractivity contribution in [3.8, 4) is 22.8 Å². The number of hydrogen-bond acceptors (Lipinski definition) is 5. The van der Waals surface area contributed by atoms with E-state index in [0.717, 1.165) is 28.6 Å². The van der Waals surface area contributed by atoms with Crippen molar-refractivity contribution < 1.29 is 18.7 Å². The molecule has 7 nitrogen and oxygen atoms in total. The summed E-state index contributed by atoms with van der Waals surface area (Å²) in [4.78, 5) is 18.6. The third-order valence-corrected chi connectivity index (χ3v) is 6.31. The van der Waals surface area contributed by atoms with Crippen LogP contribution in [0.15, 0.2) is 60.9 Å². The highest BCUT2D eigenvalue weighted by molar-refractivity contribution is 6.32. The number of carbonyl (C=O) groups is 1. The smallest absolute Gasteiger partial charge is 0.410 e. The van der Waals surface area contributed by atoms with Crippen LogP contribution in [0.4, 0.5) is 9.18 Å². The van der Waals surface area contributed by atoms with Gasteiger partial charge in [0, 0.05) is 36.4 Å². The Kier molecular flexibility index (Phi) is 6.30. The molecule has 0 unspecified atom stereocenters. The molecule has 36 heavy (non-hydrogen) atoms. The minimum Gasteiger partial charge on any atom is -0.456 e. The molecule has 1 atom stereocenters. The molecule has 0 bridgehead atoms. The molecule has 4 aromatic rings. The Labute approximate surface area is 213 Å². The molecule has 2 aromatic heterocycles. The maximum absolute atomic E-state index is 13.7. The molecule has 0 saturated carbocycles. The van der Waals surface area contributed by atoms with Crippen LogP contribution in [0, 0.1) is 5.82 Å². The minimum atomic E-state index is -0.539. The second-order valence-corrected chi connectivity index (χ2v) is 10.1. The van der Waals surface area contributed by atoms with E-state index in [1.165, 1.54) is 6.07 Å². The first-order valence-electron chi connectivity index (χ1n) is 11.7. The molecule has 1 aliphatic rings. The monoisotopic (exact) mass is 508 g/mol. The van der Waals surface area contributed by atoms with Crippen molar-refractivity contribution in [1.82, 2.24) is 19.7 Å². The van der Waals surface area contributed by atoms with Crippen LogP contribution in [-0.4, -0.2) is 44.4 Å². The minimum absolute atomic E-state index is 0.0221. The number of nitrogens with zero attached hydrogens (tertiary/aromatic N) is 4. The number of pyridine rings is 1. The van der Waals surface area contributed by atoms with E-state index in [-0.39, 0.29) is 22.9 Å². The van der Waals surface area contributed by atoms with E-state index in [1.807, 2.05) is 43.7 Å². The van der Waals surface area contributed by atoms with E-state index in [1.54, 1.807) is 41.6 Å². The number of fused-ring (bicyclic) bond motifs is 1. The second-order valence-electron chi connectivity index (χ2n) is 9.73. The van der Waals surface area contributed by atoms with Crippen LogP contribution in [0.1, 0.15) is 33.2 Å². The van der Waals surface area contributed by atoms with E-state index in [9.17, 15) is 9.18 Å². The zero-order valence-corrected chi connectivity index (χ0v) is 21.0. The average molecular weight is 509 g/mol. The zero-order chi connectivity index (χ0) is 25.4. The fraction of sp³-hybridized carbons (Fsp3) is 0.296. The second kappa shape index (κ2) is 9.43. The summed E-state index contributed by atoms with van der Waals surface area (Å²) in [6.07, 6.45) is 4.01. The van der Waals surface area contributed by atoms with Crippen molar-refractivity contribution >= 4 is 28.6 Å². The molecular formula is C27H26ClFN4O3. The quantitative estimate of drug-likeness (QED) is 0.301. The summed E-state index contributed by atoms with van der Waals surface area (Å²) in [7, 11) is 0. The van der Waals surface area contributed by atoms with E-state index in [0.29, 0.717) is 18.8 Å². The van der Waals surface area contributed by atoms with Crippen molar-refractivity contribution in [2.75, 3.05) is 13.1 Å². The Morgan fingerprint density at radius 1 is 1.14 bits per heavy atom. The number of halogens is 2. The summed E-state index contributed by atoms with van der Waals surface area (Å²) in [6.45, 7) is 6.72. The van der Waals surface area contributed by atoms with E-state index >= 15 is 0 Å². The van der Waals surface area contributed by atoms with Crippen molar-refractivity contribution in [3.63, 3.8) is 0 Å². The Bertz CT molecular complexity index is 1420. The third kappa shape index (κ3) is 4.86. The van der Waals surface area contributed by atoms with Crippen LogP contribution in [0.2, 0.25) is 5.02 Å². The van der Waals surface area contributed by atoms with Gasteiger partial charge in [-0.2, -0.15) is 5.10 Å². The molecule has 1 aliphatic heterocycles. The fourth-order valence-corrected chi connectivity index (χ4v) is 4.45. The lowest BCUT2D eigenvalue weighted by atomic mass is 10.1. The average Bonchev–Trinajstić information content (AvgIpc) is 3.47. The molecule has 0 radical (unpaired) electrons. The molecule has 5 rings (SSSR count). The first-order chi connectivity index (χ1) is 17.2. The molecule has 1 saturated heterocycles. The van der Waals surface area contributed by atoms with Crippen LogP contribution in [0.3, 0.4) is 0 Å². The molecule has 3 heterocycles. The zero-order valence-electron chi connectivity index (χ0n) is 20.2. The fourth-order valence-electron chi connectivity index (χ4n) is 4.28. The van der Waals surface area contributed by atoms with Crippen molar-refractivity contribution in [3.05, 3.63) is 71.8 Å². The van der Waals surface area contributed by atoms with Gasteiger partial charge in [-0.05, 0) is 69.7 Å². The van der Waals surface area contributed by atoms with Gasteiger partial charge in [0.05, 0.1) is 11.6 Å². The SMILES string of the molecule is CC(C)(C)OC(=O)N1CC[C@@H](n2nc(-c3ccc(Oc4cccc(F)c4Cl)cc3)c3cnccc32)C1. The van der Waals surface area contributed by atoms with Gasteiger partial charge in [-0.15, -0.1) is 0 Å². The summed E-state index contributed by atoms with van der Waals surface area (Å²) in [5, 5.41) is 5.79. The predicted octanol–water partition coefficient (Wildman–Crippen LogP) is 6.87. The van der Waals surface area contributed by atoms with E-state index in [4.69, 9.17) is 26.2 Å². The Balaban J connectivity index is 1.40. The van der Waals surface area contributed by atoms with Crippen LogP contribution in [-0.2, 0) is 4.74 Å². The van der Waals surface area contributed by atoms with E-state index < -0.39 is 11.4 Å². The predicted molar refractivity (Wildman–Crippen MR) is 136 cm³/mol. The highest BCUT2D eigenvalue weighted by Gasteiger charge is 2.32. The van der Waals surface area contributed by atoms with Gasteiger partial charge >= 0.3 is 6.09 Å². The standard InChI is InChI=1S/C27H26ClFN4O3/c1-27(2,3)36-26(34)32-14-12-18(16-32)33-22-11-13-30-15-20(22)25(31-33)17-7-9-19(10-8-17)35-23-6-4-5-21(29)24(23)28/h4-11,13,15,18H,12,14,16H2,1-3H3/t18-/m1/s1. The molecule has 1 amide bonds. The highest BCUT2D eigenvalue weighted by Crippen LogP contribution is 2.35. The van der Waals surface area contributed by atoms with E-state index in [2.05, 4.69) is 4.98 Å². The van der Waals surface area contributed by atoms with Gasteiger partial charge in [0.15, 0.2) is 0 Å². The Morgan fingerprint density at radius 3 is 2.67 bits per heavy atom. The number of ether oxygens (including phenoxy) is 2. The van der Waals surface area contributed by atoms with Gasteiger partial charge in [0.1, 0.15) is 33.6 Å². The molecule has 1 fully saturated rings. The van der Waals surface area contributed by atoms with Crippen LogP contribution in [0.25, 0.3) is 22.2 Å². The van der Waals surface area contributed by atoms with Gasteiger partial charge in [-0.3, -0.25) is 9.67 Å². The lowest BCUT2D eigenvalue weighted by Crippen LogP contribution is -2.35. The maximum atomic E-state index is 13.7. The van der Waals surface area contributed by atoms with Gasteiger partial charge in [-0.1, -0.05) is 17.7 Å². The molecule has 0 N–H and O–H groups in total. The van der Waals surface area contributed by atoms with Gasteiger partial charge in [-0.25, -0.2) is 9.18 Å². The number of hydrogen-bond donors (Lipinski definition) is 0. The molecule has 186 valence electrons. The van der Waals surface area contributed by atoms with Crippen LogP contribution < -0.4 is 4.74 Å². The number of amides is 1. The summed E-state index contributed by atoms with van der Waals surface area (Å²) >= 11 is 6.01. The summed E-state index contributed by atoms with van der Waals surface area (Å²) in [5.74, 6) is 0.239. The Morgan fingerprint density at radius 2 is 1.92 bits per heavy atom. The summed E-state index contributed by atoms with van der Waals surface area (Å²) in [5.41, 5.74) is 2.07. The molecular weight excluding hydrogens is 483 g/mol. The van der Waals surface area contributed by atoms with Crippen LogP contribution in [0.5, 0.6) is 11.5 Å². The van der Waals surface area contributed by atoms with Gasteiger partial charge < -0.3 is 14.4 Å². The highest BCUT2D eigenvalue weighted by atomic mass is 35.5. The largest absolute Gasteiger partial charge is 0.456 e. The lowest BCUT2D eigenvalue weighted by Gasteiger charge is -2.24. The van der Waals surface area contributed by atoms with Crippen molar-refractivity contribution in [2.45, 2.75) is 38.8 Å². The molecule has 0 spiro atoms. The van der Waals surface area contributed by atoms with Gasteiger partial charge in [0.25, 0.3) is 0 Å². The topological polar surface area (TPSA) is 69.5 Å². The van der Waals surface area contributed by atoms with Crippen molar-refractivity contribution in [1.29, 1.82) is 0 Å². The number of benzene rings is 2. The number of aromatic nitrogens is 3. The normalized spacial score (nSPS) is 15.9. The first-order valence-corrected chi connectivity index (χ1v) is 12.1. The maximum Gasteiger partial charge on any atom is 0.410 e. The summed E-state index contributed by atoms with van der Waals surface area (Å²) < 4.78 is 27.0.